The monoisotopic (exact) mass is 689 g/mol. The summed E-state index contributed by atoms with van der Waals surface area (Å²) in [5.74, 6) is -0.186. The third-order valence-electron chi connectivity index (χ3n) is 8.28. The first kappa shape index (κ1) is 36.0. The summed E-state index contributed by atoms with van der Waals surface area (Å²) in [6.45, 7) is 3.26. The number of phenolic OH excluding ortho intramolecular Hbond substituents is 1. The molecule has 2 aromatic heterocycles. The third-order valence-corrected chi connectivity index (χ3v) is 8.28. The molecule has 0 radical (unpaired) electrons. The molecule has 0 bridgehead atoms. The van der Waals surface area contributed by atoms with Gasteiger partial charge in [-0.05, 0) is 55.0 Å². The average Bonchev–Trinajstić information content (AvgIpc) is 3.66. The predicted molar refractivity (Wildman–Crippen MR) is 184 cm³/mol. The Morgan fingerprint density at radius 3 is 2.00 bits per heavy atom. The Kier molecular flexibility index (Phi) is 12.1. The smallest absolute Gasteiger partial charge is 0.252 e. The first-order valence-corrected chi connectivity index (χ1v) is 16.5. The van der Waals surface area contributed by atoms with Crippen LogP contribution in [0.5, 0.6) is 5.75 Å². The van der Waals surface area contributed by atoms with Crippen molar-refractivity contribution in [2.75, 3.05) is 37.2 Å². The van der Waals surface area contributed by atoms with E-state index in [1.165, 1.54) is 10.9 Å². The van der Waals surface area contributed by atoms with Gasteiger partial charge in [0.1, 0.15) is 23.5 Å². The van der Waals surface area contributed by atoms with Crippen LogP contribution >= 0.6 is 0 Å². The number of nitrogens with zero attached hydrogens (tertiary/aromatic N) is 4. The number of rotatable bonds is 16. The molecule has 3 heterocycles. The highest BCUT2D eigenvalue weighted by atomic mass is 16.6. The van der Waals surface area contributed by atoms with Crippen molar-refractivity contribution in [3.63, 3.8) is 0 Å². The summed E-state index contributed by atoms with van der Waals surface area (Å²) in [7, 11) is 0. The van der Waals surface area contributed by atoms with Crippen molar-refractivity contribution in [1.29, 1.82) is 0 Å². The van der Waals surface area contributed by atoms with Crippen molar-refractivity contribution in [3.8, 4) is 5.75 Å². The molecule has 4 aromatic rings. The highest BCUT2D eigenvalue weighted by molar-refractivity contribution is 5.84. The highest BCUT2D eigenvalue weighted by Gasteiger charge is 2.47. The van der Waals surface area contributed by atoms with Gasteiger partial charge in [-0.1, -0.05) is 36.4 Å². The van der Waals surface area contributed by atoms with E-state index in [1.807, 2.05) is 24.3 Å². The number of nitrogen functional groups attached to an aromatic ring is 1. The largest absolute Gasteiger partial charge is 0.508 e. The molecule has 9 N–H and O–H groups in total. The molecular formula is C34H43N9O7. The number of aromatic hydroxyl groups is 1. The van der Waals surface area contributed by atoms with Gasteiger partial charge in [-0.25, -0.2) is 4.98 Å². The molecule has 1 saturated heterocycles. The van der Waals surface area contributed by atoms with Crippen LogP contribution in [0.1, 0.15) is 42.7 Å². The van der Waals surface area contributed by atoms with Gasteiger partial charge in [-0.2, -0.15) is 9.97 Å². The van der Waals surface area contributed by atoms with E-state index >= 15 is 0 Å². The second kappa shape index (κ2) is 16.9. The molecule has 3 amide bonds. The molecule has 5 rings (SSSR count). The van der Waals surface area contributed by atoms with Crippen LogP contribution in [-0.4, -0.2) is 97.1 Å². The number of aliphatic hydroxyl groups is 2. The lowest BCUT2D eigenvalue weighted by molar-refractivity contribution is -0.137. The number of nitrogens with one attached hydrogen (secondary N) is 4. The fraction of sp³-hybridized carbons (Fsp3) is 0.412. The lowest BCUT2D eigenvalue weighted by atomic mass is 10.1. The van der Waals surface area contributed by atoms with E-state index in [9.17, 15) is 29.7 Å². The number of nitrogens with two attached hydrogens (primary N) is 1. The fourth-order valence-electron chi connectivity index (χ4n) is 5.53. The Balaban J connectivity index is 1.03. The minimum absolute atomic E-state index is 0.0961. The van der Waals surface area contributed by atoms with Gasteiger partial charge >= 0.3 is 0 Å². The van der Waals surface area contributed by atoms with Crippen LogP contribution in [0, 0.1) is 0 Å². The number of aromatic nitrogens is 4. The first-order valence-electron chi connectivity index (χ1n) is 16.5. The van der Waals surface area contributed by atoms with Gasteiger partial charge in [0, 0.05) is 39.0 Å². The van der Waals surface area contributed by atoms with E-state index < -0.39 is 30.4 Å². The number of hydrogen-bond donors (Lipinski definition) is 8. The van der Waals surface area contributed by atoms with Crippen LogP contribution in [0.25, 0.3) is 11.2 Å². The van der Waals surface area contributed by atoms with E-state index in [0.29, 0.717) is 58.3 Å². The molecular weight excluding hydrogens is 646 g/mol. The second-order valence-electron chi connectivity index (χ2n) is 11.9. The quantitative estimate of drug-likeness (QED) is 0.0743. The molecule has 0 aliphatic carbocycles. The molecule has 1 aliphatic rings. The number of anilines is 2. The van der Waals surface area contributed by atoms with Gasteiger partial charge in [0.25, 0.3) is 5.91 Å². The number of aliphatic hydroxyl groups excluding tert-OH is 2. The SMILES string of the molecule is CCNC(=O)C1OC(n2cnc3c(N)nc(NCCc4ccc(CCC(=O)NCCNC(=O)CCc5ccc(O)cc5)cc4)nc32)C(O)C1O. The summed E-state index contributed by atoms with van der Waals surface area (Å²) in [5, 5.41) is 41.8. The molecule has 1 aliphatic heterocycles. The number of aryl methyl sites for hydroxylation is 2. The van der Waals surface area contributed by atoms with Gasteiger partial charge in [0.15, 0.2) is 23.8 Å². The van der Waals surface area contributed by atoms with Crippen molar-refractivity contribution < 1.29 is 34.4 Å². The van der Waals surface area contributed by atoms with Crippen LogP contribution in [0.15, 0.2) is 54.9 Å². The average molecular weight is 690 g/mol. The lowest BCUT2D eigenvalue weighted by Crippen LogP contribution is -2.42. The van der Waals surface area contributed by atoms with Crippen molar-refractivity contribution in [2.24, 2.45) is 0 Å². The molecule has 2 aromatic carbocycles. The predicted octanol–water partition coefficient (Wildman–Crippen LogP) is 0.322. The molecule has 4 atom stereocenters. The Bertz CT molecular complexity index is 1770. The molecule has 1 fully saturated rings. The highest BCUT2D eigenvalue weighted by Crippen LogP contribution is 2.32. The number of likely N-dealkylation sites (N-methyl/N-ethyl adjacent to an activating group) is 1. The maximum absolute atomic E-state index is 12.3. The molecule has 0 spiro atoms. The summed E-state index contributed by atoms with van der Waals surface area (Å²) in [5.41, 5.74) is 9.74. The number of carbonyl (C=O) groups excluding carboxylic acids is 3. The zero-order valence-corrected chi connectivity index (χ0v) is 27.7. The molecule has 4 unspecified atom stereocenters. The summed E-state index contributed by atoms with van der Waals surface area (Å²) in [6, 6.07) is 14.7. The second-order valence-corrected chi connectivity index (χ2v) is 11.9. The van der Waals surface area contributed by atoms with Gasteiger partial charge in [-0.3, -0.25) is 19.0 Å². The zero-order valence-electron chi connectivity index (χ0n) is 27.7. The van der Waals surface area contributed by atoms with Gasteiger partial charge in [0.05, 0.1) is 6.33 Å². The van der Waals surface area contributed by atoms with Gasteiger partial charge in [-0.15, -0.1) is 0 Å². The number of carbonyl (C=O) groups is 3. The number of ether oxygens (including phenoxy) is 1. The summed E-state index contributed by atoms with van der Waals surface area (Å²) >= 11 is 0. The van der Waals surface area contributed by atoms with E-state index in [-0.39, 0.29) is 40.5 Å². The van der Waals surface area contributed by atoms with Gasteiger partial charge < -0.3 is 47.1 Å². The fourth-order valence-corrected chi connectivity index (χ4v) is 5.53. The Labute approximate surface area is 288 Å². The maximum Gasteiger partial charge on any atom is 0.252 e. The van der Waals surface area contributed by atoms with E-state index in [2.05, 4.69) is 36.2 Å². The molecule has 50 heavy (non-hydrogen) atoms. The van der Waals surface area contributed by atoms with Crippen LogP contribution in [0.2, 0.25) is 0 Å². The van der Waals surface area contributed by atoms with Crippen LogP contribution in [0.3, 0.4) is 0 Å². The zero-order chi connectivity index (χ0) is 35.6. The standard InChI is InChI=1S/C34H43N9O7/c1-2-36-32(49)29-27(47)28(48)33(50-29)43-19-40-26-30(35)41-34(42-31(26)43)39-16-15-22-5-3-20(4-6-22)9-13-24(45)37-17-18-38-25(46)14-10-21-7-11-23(44)12-8-21/h3-8,11-12,19,27-29,33,44,47-48H,2,9-10,13-18H2,1H3,(H,36,49)(H,37,45)(H,38,46)(H3,35,39,41,42). The molecule has 0 saturated carbocycles. The van der Waals surface area contributed by atoms with Crippen molar-refractivity contribution in [3.05, 3.63) is 71.5 Å². The number of imidazole rings is 1. The van der Waals surface area contributed by atoms with E-state index in [1.54, 1.807) is 31.2 Å². The Morgan fingerprint density at radius 2 is 1.40 bits per heavy atom. The van der Waals surface area contributed by atoms with E-state index in [4.69, 9.17) is 10.5 Å². The van der Waals surface area contributed by atoms with Crippen LogP contribution in [0.4, 0.5) is 11.8 Å². The van der Waals surface area contributed by atoms with Crippen molar-refractivity contribution in [1.82, 2.24) is 35.5 Å². The number of fused-ring (bicyclic) bond motifs is 1. The number of hydrogen-bond acceptors (Lipinski definition) is 12. The molecule has 16 heteroatoms. The summed E-state index contributed by atoms with van der Waals surface area (Å²) in [6.07, 6.45) is -1.41. The van der Waals surface area contributed by atoms with Crippen LogP contribution < -0.4 is 27.0 Å². The van der Waals surface area contributed by atoms with E-state index in [0.717, 1.165) is 16.7 Å². The van der Waals surface area contributed by atoms with Crippen molar-refractivity contribution in [2.45, 2.75) is 63.6 Å². The number of amides is 3. The van der Waals surface area contributed by atoms with Crippen molar-refractivity contribution >= 4 is 40.7 Å². The minimum atomic E-state index is -1.44. The van der Waals surface area contributed by atoms with Crippen LogP contribution in [-0.2, 0) is 38.4 Å². The molecule has 16 nitrogen and oxygen atoms in total. The summed E-state index contributed by atoms with van der Waals surface area (Å²) < 4.78 is 7.13. The summed E-state index contributed by atoms with van der Waals surface area (Å²) in [4.78, 5) is 49.7. The first-order chi connectivity index (χ1) is 24.1. The lowest BCUT2D eigenvalue weighted by Gasteiger charge is -2.16. The third kappa shape index (κ3) is 9.22. The Morgan fingerprint density at radius 1 is 0.820 bits per heavy atom. The topological polar surface area (TPSA) is 239 Å². The Hall–Kier alpha value is -5.32. The number of phenols is 1. The minimum Gasteiger partial charge on any atom is -0.508 e. The maximum atomic E-state index is 12.3. The normalized spacial score (nSPS) is 18.5. The number of benzene rings is 2. The molecule has 266 valence electrons. The van der Waals surface area contributed by atoms with Gasteiger partial charge in [0.2, 0.25) is 17.8 Å².